The van der Waals surface area contributed by atoms with E-state index in [4.69, 9.17) is 9.26 Å². The van der Waals surface area contributed by atoms with Crippen LogP contribution in [0.15, 0.2) is 65.2 Å². The van der Waals surface area contributed by atoms with Crippen LogP contribution in [0.5, 0.6) is 0 Å². The summed E-state index contributed by atoms with van der Waals surface area (Å²) in [7, 11) is 0. The Kier molecular flexibility index (Phi) is 4.98. The number of aliphatic hydroxyl groups excluding tert-OH is 1. The molecule has 6 heteroatoms. The lowest BCUT2D eigenvalue weighted by Gasteiger charge is -2.09. The molecule has 0 bridgehead atoms. The van der Waals surface area contributed by atoms with E-state index >= 15 is 0 Å². The molecular weight excluding hydrogens is 308 g/mol. The first-order valence-corrected chi connectivity index (χ1v) is 7.47. The molecule has 3 rings (SSSR count). The molecule has 0 aliphatic heterocycles. The number of hydrogen-bond donors (Lipinski definition) is 1. The van der Waals surface area contributed by atoms with Gasteiger partial charge in [-0.1, -0.05) is 65.8 Å². The van der Waals surface area contributed by atoms with Crippen LogP contribution in [0.2, 0.25) is 0 Å². The first-order valence-electron chi connectivity index (χ1n) is 7.47. The molecule has 0 unspecified atom stereocenters. The van der Waals surface area contributed by atoms with Gasteiger partial charge in [-0.25, -0.2) is 4.79 Å². The highest BCUT2D eigenvalue weighted by Crippen LogP contribution is 2.14. The lowest BCUT2D eigenvalue weighted by molar-refractivity contribution is -0.156. The monoisotopic (exact) mass is 324 g/mol. The Balaban J connectivity index is 1.54. The van der Waals surface area contributed by atoms with Crippen LogP contribution in [-0.4, -0.2) is 21.2 Å². The van der Waals surface area contributed by atoms with Crippen molar-refractivity contribution in [2.45, 2.75) is 19.1 Å². The van der Waals surface area contributed by atoms with Crippen molar-refractivity contribution in [1.82, 2.24) is 10.1 Å². The Morgan fingerprint density at radius 3 is 2.46 bits per heavy atom. The second-order valence-electron chi connectivity index (χ2n) is 5.19. The minimum Gasteiger partial charge on any atom is -0.453 e. The van der Waals surface area contributed by atoms with E-state index < -0.39 is 12.1 Å². The van der Waals surface area contributed by atoms with E-state index in [1.165, 1.54) is 0 Å². The minimum atomic E-state index is -1.34. The van der Waals surface area contributed by atoms with Crippen molar-refractivity contribution in [3.05, 3.63) is 83.5 Å². The predicted molar refractivity (Wildman–Crippen MR) is 84.7 cm³/mol. The van der Waals surface area contributed by atoms with Crippen LogP contribution in [0, 0.1) is 0 Å². The molecule has 1 N–H and O–H groups in total. The molecule has 6 nitrogen and oxygen atoms in total. The number of aliphatic hydroxyl groups is 1. The third-order valence-electron chi connectivity index (χ3n) is 3.39. The normalized spacial score (nSPS) is 11.9. The van der Waals surface area contributed by atoms with Crippen molar-refractivity contribution in [3.63, 3.8) is 0 Å². The van der Waals surface area contributed by atoms with Crippen molar-refractivity contribution in [1.29, 1.82) is 0 Å². The molecule has 122 valence electrons. The second kappa shape index (κ2) is 7.52. The van der Waals surface area contributed by atoms with Gasteiger partial charge in [-0.05, 0) is 11.1 Å². The maximum atomic E-state index is 11.9. The highest BCUT2D eigenvalue weighted by molar-refractivity contribution is 5.76. The highest BCUT2D eigenvalue weighted by Gasteiger charge is 2.19. The van der Waals surface area contributed by atoms with Crippen LogP contribution in [0.1, 0.15) is 28.9 Å². The van der Waals surface area contributed by atoms with Gasteiger partial charge in [-0.3, -0.25) is 0 Å². The summed E-state index contributed by atoms with van der Waals surface area (Å²) in [5, 5.41) is 13.8. The van der Waals surface area contributed by atoms with Crippen LogP contribution in [0.3, 0.4) is 0 Å². The lowest BCUT2D eigenvalue weighted by atomic mass is 10.1. The number of aromatic nitrogens is 2. The largest absolute Gasteiger partial charge is 0.453 e. The molecule has 1 atom stereocenters. The zero-order chi connectivity index (χ0) is 16.8. The van der Waals surface area contributed by atoms with Gasteiger partial charge >= 0.3 is 5.97 Å². The van der Waals surface area contributed by atoms with Gasteiger partial charge in [0.1, 0.15) is 0 Å². The van der Waals surface area contributed by atoms with Gasteiger partial charge in [0, 0.05) is 6.42 Å². The molecule has 0 saturated heterocycles. The van der Waals surface area contributed by atoms with E-state index in [0.29, 0.717) is 17.8 Å². The molecule has 0 aliphatic rings. The lowest BCUT2D eigenvalue weighted by Crippen LogP contribution is -2.15. The van der Waals surface area contributed by atoms with Crippen molar-refractivity contribution in [2.75, 3.05) is 0 Å². The van der Waals surface area contributed by atoms with Crippen LogP contribution in [0.25, 0.3) is 0 Å². The topological polar surface area (TPSA) is 85.5 Å². The summed E-state index contributed by atoms with van der Waals surface area (Å²) < 4.78 is 10.1. The van der Waals surface area contributed by atoms with Crippen molar-refractivity contribution in [3.8, 4) is 0 Å². The fourth-order valence-corrected chi connectivity index (χ4v) is 2.18. The van der Waals surface area contributed by atoms with Gasteiger partial charge in [0.15, 0.2) is 18.5 Å². The number of carbonyl (C=O) groups is 1. The molecule has 0 amide bonds. The summed E-state index contributed by atoms with van der Waals surface area (Å²) in [6, 6.07) is 18.3. The highest BCUT2D eigenvalue weighted by atomic mass is 16.6. The second-order valence-corrected chi connectivity index (χ2v) is 5.19. The summed E-state index contributed by atoms with van der Waals surface area (Å²) in [6.45, 7) is -0.176. The van der Waals surface area contributed by atoms with E-state index in [-0.39, 0.29) is 12.5 Å². The Morgan fingerprint density at radius 2 is 1.75 bits per heavy atom. The Hall–Kier alpha value is -2.99. The van der Waals surface area contributed by atoms with Crippen LogP contribution in [-0.2, 0) is 22.6 Å². The van der Waals surface area contributed by atoms with Gasteiger partial charge in [-0.15, -0.1) is 0 Å². The molecule has 0 radical (unpaired) electrons. The van der Waals surface area contributed by atoms with Gasteiger partial charge in [0.05, 0.1) is 0 Å². The number of esters is 1. The number of carbonyl (C=O) groups excluding carboxylic acids is 1. The van der Waals surface area contributed by atoms with Crippen molar-refractivity contribution < 1.29 is 19.2 Å². The average Bonchev–Trinajstić information content (AvgIpc) is 3.08. The smallest absolute Gasteiger partial charge is 0.340 e. The van der Waals surface area contributed by atoms with Gasteiger partial charge in [-0.2, -0.15) is 4.98 Å². The predicted octanol–water partition coefficient (Wildman–Crippen LogP) is 2.44. The zero-order valence-corrected chi connectivity index (χ0v) is 12.8. The summed E-state index contributed by atoms with van der Waals surface area (Å²) in [5.74, 6) is -0.0607. The Bertz CT molecular complexity index is 787. The van der Waals surface area contributed by atoms with Crippen LogP contribution in [0.4, 0.5) is 0 Å². The van der Waals surface area contributed by atoms with Gasteiger partial charge < -0.3 is 14.4 Å². The van der Waals surface area contributed by atoms with Crippen LogP contribution >= 0.6 is 0 Å². The summed E-state index contributed by atoms with van der Waals surface area (Å²) in [4.78, 5) is 16.0. The van der Waals surface area contributed by atoms with E-state index in [2.05, 4.69) is 10.1 Å². The minimum absolute atomic E-state index is 0.176. The number of ether oxygens (including phenoxy) is 1. The number of nitrogens with zero attached hydrogens (tertiary/aromatic N) is 2. The number of hydrogen-bond acceptors (Lipinski definition) is 6. The van der Waals surface area contributed by atoms with E-state index in [9.17, 15) is 9.90 Å². The molecule has 0 spiro atoms. The first kappa shape index (κ1) is 15.9. The molecular formula is C18H16N2O4. The quantitative estimate of drug-likeness (QED) is 0.701. The molecule has 1 aromatic heterocycles. The SMILES string of the molecule is O=C(OCc1nc(Cc2ccccc2)no1)[C@H](O)c1ccccc1. The third-order valence-corrected chi connectivity index (χ3v) is 3.39. The standard InChI is InChI=1S/C18H16N2O4/c21-17(14-9-5-2-6-10-14)18(22)23-12-16-19-15(20-24-16)11-13-7-3-1-4-8-13/h1-10,17,21H,11-12H2/t17-/m1/s1. The molecule has 1 heterocycles. The zero-order valence-electron chi connectivity index (χ0n) is 12.8. The van der Waals surface area contributed by atoms with Crippen LogP contribution < -0.4 is 0 Å². The molecule has 24 heavy (non-hydrogen) atoms. The fraction of sp³-hybridized carbons (Fsp3) is 0.167. The maximum Gasteiger partial charge on any atom is 0.340 e. The van der Waals surface area contributed by atoms with Gasteiger partial charge in [0.2, 0.25) is 0 Å². The van der Waals surface area contributed by atoms with E-state index in [0.717, 1.165) is 5.56 Å². The molecule has 0 saturated carbocycles. The molecule has 2 aromatic carbocycles. The first-order chi connectivity index (χ1) is 11.7. The molecule has 3 aromatic rings. The summed E-state index contributed by atoms with van der Waals surface area (Å²) in [6.07, 6.45) is -0.803. The number of rotatable bonds is 6. The summed E-state index contributed by atoms with van der Waals surface area (Å²) >= 11 is 0. The Morgan fingerprint density at radius 1 is 1.08 bits per heavy atom. The molecule has 0 aliphatic carbocycles. The molecule has 0 fully saturated rings. The fourth-order valence-electron chi connectivity index (χ4n) is 2.18. The Labute approximate surface area is 138 Å². The van der Waals surface area contributed by atoms with E-state index in [1.54, 1.807) is 30.3 Å². The van der Waals surface area contributed by atoms with E-state index in [1.807, 2.05) is 30.3 Å². The maximum absolute atomic E-state index is 11.9. The summed E-state index contributed by atoms with van der Waals surface area (Å²) in [5.41, 5.74) is 1.53. The average molecular weight is 324 g/mol. The van der Waals surface area contributed by atoms with Crippen molar-refractivity contribution >= 4 is 5.97 Å². The number of benzene rings is 2. The van der Waals surface area contributed by atoms with Crippen molar-refractivity contribution in [2.24, 2.45) is 0 Å². The third kappa shape index (κ3) is 4.05. The van der Waals surface area contributed by atoms with Gasteiger partial charge in [0.25, 0.3) is 5.89 Å².